The van der Waals surface area contributed by atoms with E-state index in [0.29, 0.717) is 19.0 Å². The highest BCUT2D eigenvalue weighted by atomic mass is 16.4. The van der Waals surface area contributed by atoms with Crippen LogP contribution in [0.15, 0.2) is 12.4 Å². The molecule has 1 aliphatic rings. The molecule has 0 bridgehead atoms. The van der Waals surface area contributed by atoms with Crippen LogP contribution in [-0.4, -0.2) is 39.0 Å². The van der Waals surface area contributed by atoms with E-state index in [0.717, 1.165) is 18.4 Å². The maximum atomic E-state index is 10.8. The SMILES string of the molecule is Cn1cc(C2CCCN(C(=O)O)C2)cn1. The van der Waals surface area contributed by atoms with Crippen LogP contribution in [0, 0.1) is 0 Å². The summed E-state index contributed by atoms with van der Waals surface area (Å²) < 4.78 is 1.76. The molecular formula is C10H15N3O2. The van der Waals surface area contributed by atoms with Crippen molar-refractivity contribution in [1.29, 1.82) is 0 Å². The van der Waals surface area contributed by atoms with E-state index in [1.54, 1.807) is 4.68 Å². The summed E-state index contributed by atoms with van der Waals surface area (Å²) in [6.07, 6.45) is 4.97. The molecule has 1 aromatic rings. The molecular weight excluding hydrogens is 194 g/mol. The van der Waals surface area contributed by atoms with Crippen molar-refractivity contribution in [2.45, 2.75) is 18.8 Å². The largest absolute Gasteiger partial charge is 0.465 e. The molecule has 5 nitrogen and oxygen atoms in total. The topological polar surface area (TPSA) is 58.4 Å². The Bertz CT molecular complexity index is 361. The Morgan fingerprint density at radius 2 is 2.47 bits per heavy atom. The monoisotopic (exact) mass is 209 g/mol. The number of carbonyl (C=O) groups is 1. The maximum Gasteiger partial charge on any atom is 0.407 e. The van der Waals surface area contributed by atoms with Gasteiger partial charge in [-0.05, 0) is 18.4 Å². The number of piperidine rings is 1. The molecule has 1 aromatic heterocycles. The molecule has 15 heavy (non-hydrogen) atoms. The number of rotatable bonds is 1. The molecule has 1 amide bonds. The van der Waals surface area contributed by atoms with E-state index in [4.69, 9.17) is 5.11 Å². The second-order valence-electron chi connectivity index (χ2n) is 4.02. The first kappa shape index (κ1) is 10.0. The summed E-state index contributed by atoms with van der Waals surface area (Å²) in [6.45, 7) is 1.26. The predicted octanol–water partition coefficient (Wildman–Crippen LogP) is 1.28. The van der Waals surface area contributed by atoms with Crippen molar-refractivity contribution in [3.05, 3.63) is 18.0 Å². The van der Waals surface area contributed by atoms with E-state index >= 15 is 0 Å². The molecule has 82 valence electrons. The molecule has 1 saturated heterocycles. The lowest BCUT2D eigenvalue weighted by Gasteiger charge is -2.30. The first-order chi connectivity index (χ1) is 7.16. The van der Waals surface area contributed by atoms with Gasteiger partial charge in [0.15, 0.2) is 0 Å². The molecule has 1 N–H and O–H groups in total. The van der Waals surface area contributed by atoms with Crippen LogP contribution in [0.4, 0.5) is 4.79 Å². The molecule has 1 atom stereocenters. The summed E-state index contributed by atoms with van der Waals surface area (Å²) in [6, 6.07) is 0. The van der Waals surface area contributed by atoms with Crippen LogP contribution < -0.4 is 0 Å². The van der Waals surface area contributed by atoms with Crippen LogP contribution in [0.5, 0.6) is 0 Å². The maximum absolute atomic E-state index is 10.8. The summed E-state index contributed by atoms with van der Waals surface area (Å²) in [5.74, 6) is 0.309. The van der Waals surface area contributed by atoms with Crippen LogP contribution in [-0.2, 0) is 7.05 Å². The number of nitrogens with zero attached hydrogens (tertiary/aromatic N) is 3. The van der Waals surface area contributed by atoms with Gasteiger partial charge in [0, 0.05) is 32.3 Å². The van der Waals surface area contributed by atoms with E-state index in [1.165, 1.54) is 4.90 Å². The summed E-state index contributed by atoms with van der Waals surface area (Å²) in [7, 11) is 1.88. The quantitative estimate of drug-likeness (QED) is 0.758. The van der Waals surface area contributed by atoms with Gasteiger partial charge >= 0.3 is 6.09 Å². The van der Waals surface area contributed by atoms with Crippen molar-refractivity contribution in [3.8, 4) is 0 Å². The van der Waals surface area contributed by atoms with E-state index < -0.39 is 6.09 Å². The minimum absolute atomic E-state index is 0.309. The first-order valence-corrected chi connectivity index (χ1v) is 5.13. The van der Waals surface area contributed by atoms with Gasteiger partial charge in [-0.1, -0.05) is 0 Å². The number of aryl methyl sites for hydroxylation is 1. The van der Waals surface area contributed by atoms with E-state index in [9.17, 15) is 4.79 Å². The molecule has 1 unspecified atom stereocenters. The fraction of sp³-hybridized carbons (Fsp3) is 0.600. The Hall–Kier alpha value is -1.52. The summed E-state index contributed by atoms with van der Waals surface area (Å²) in [5, 5.41) is 13.0. The Morgan fingerprint density at radius 3 is 3.07 bits per heavy atom. The van der Waals surface area contributed by atoms with Gasteiger partial charge in [0.05, 0.1) is 6.20 Å². The summed E-state index contributed by atoms with van der Waals surface area (Å²) >= 11 is 0. The molecule has 1 fully saturated rings. The van der Waals surface area contributed by atoms with E-state index in [1.807, 2.05) is 19.4 Å². The number of likely N-dealkylation sites (tertiary alicyclic amines) is 1. The number of hydrogen-bond acceptors (Lipinski definition) is 2. The minimum atomic E-state index is -0.816. The average molecular weight is 209 g/mol. The van der Waals surface area contributed by atoms with Crippen LogP contribution >= 0.6 is 0 Å². The molecule has 2 rings (SSSR count). The van der Waals surface area contributed by atoms with Gasteiger partial charge in [-0.2, -0.15) is 5.10 Å². The molecule has 0 aromatic carbocycles. The number of carboxylic acid groups (broad SMARTS) is 1. The second kappa shape index (κ2) is 3.92. The lowest BCUT2D eigenvalue weighted by molar-refractivity contribution is 0.130. The highest BCUT2D eigenvalue weighted by Crippen LogP contribution is 2.26. The van der Waals surface area contributed by atoms with Gasteiger partial charge in [0.2, 0.25) is 0 Å². The Labute approximate surface area is 88.3 Å². The van der Waals surface area contributed by atoms with Crippen LogP contribution in [0.3, 0.4) is 0 Å². The highest BCUT2D eigenvalue weighted by molar-refractivity contribution is 5.65. The molecule has 0 spiro atoms. The highest BCUT2D eigenvalue weighted by Gasteiger charge is 2.24. The van der Waals surface area contributed by atoms with Crippen molar-refractivity contribution in [3.63, 3.8) is 0 Å². The molecule has 0 saturated carbocycles. The number of aromatic nitrogens is 2. The Morgan fingerprint density at radius 1 is 1.67 bits per heavy atom. The fourth-order valence-electron chi connectivity index (χ4n) is 2.07. The van der Waals surface area contributed by atoms with E-state index in [-0.39, 0.29) is 0 Å². The number of hydrogen-bond donors (Lipinski definition) is 1. The molecule has 0 radical (unpaired) electrons. The van der Waals surface area contributed by atoms with Gasteiger partial charge in [-0.25, -0.2) is 4.79 Å². The van der Waals surface area contributed by atoms with Crippen molar-refractivity contribution >= 4 is 6.09 Å². The fourth-order valence-corrected chi connectivity index (χ4v) is 2.07. The van der Waals surface area contributed by atoms with Crippen molar-refractivity contribution in [1.82, 2.24) is 14.7 Å². The molecule has 2 heterocycles. The minimum Gasteiger partial charge on any atom is -0.465 e. The predicted molar refractivity (Wildman–Crippen MR) is 54.8 cm³/mol. The molecule has 1 aliphatic heterocycles. The summed E-state index contributed by atoms with van der Waals surface area (Å²) in [5.41, 5.74) is 1.14. The van der Waals surface area contributed by atoms with Gasteiger partial charge < -0.3 is 10.0 Å². The second-order valence-corrected chi connectivity index (χ2v) is 4.02. The van der Waals surface area contributed by atoms with Gasteiger partial charge in [0.1, 0.15) is 0 Å². The third-order valence-corrected chi connectivity index (χ3v) is 2.89. The zero-order valence-corrected chi connectivity index (χ0v) is 8.76. The molecule has 0 aliphatic carbocycles. The van der Waals surface area contributed by atoms with Crippen LogP contribution in [0.1, 0.15) is 24.3 Å². The zero-order valence-electron chi connectivity index (χ0n) is 8.76. The van der Waals surface area contributed by atoms with Gasteiger partial charge in [0.25, 0.3) is 0 Å². The lowest BCUT2D eigenvalue weighted by Crippen LogP contribution is -2.37. The van der Waals surface area contributed by atoms with Gasteiger partial charge in [-0.15, -0.1) is 0 Å². The third-order valence-electron chi connectivity index (χ3n) is 2.89. The summed E-state index contributed by atoms with van der Waals surface area (Å²) in [4.78, 5) is 12.3. The third kappa shape index (κ3) is 2.11. The van der Waals surface area contributed by atoms with Crippen molar-refractivity contribution in [2.75, 3.05) is 13.1 Å². The molecule has 5 heteroatoms. The Kier molecular flexibility index (Phi) is 2.62. The number of amides is 1. The standard InChI is InChI=1S/C10H15N3O2/c1-12-6-9(5-11-12)8-3-2-4-13(7-8)10(14)15/h5-6,8H,2-4,7H2,1H3,(H,14,15). The van der Waals surface area contributed by atoms with Gasteiger partial charge in [-0.3, -0.25) is 4.68 Å². The lowest BCUT2D eigenvalue weighted by atomic mass is 9.93. The zero-order chi connectivity index (χ0) is 10.8. The first-order valence-electron chi connectivity index (χ1n) is 5.13. The van der Waals surface area contributed by atoms with Crippen molar-refractivity contribution < 1.29 is 9.90 Å². The average Bonchev–Trinajstić information content (AvgIpc) is 2.65. The van der Waals surface area contributed by atoms with E-state index in [2.05, 4.69) is 5.10 Å². The van der Waals surface area contributed by atoms with Crippen LogP contribution in [0.2, 0.25) is 0 Å². The van der Waals surface area contributed by atoms with Crippen LogP contribution in [0.25, 0.3) is 0 Å². The van der Waals surface area contributed by atoms with Crippen molar-refractivity contribution in [2.24, 2.45) is 7.05 Å². The smallest absolute Gasteiger partial charge is 0.407 e. The Balaban J connectivity index is 2.07. The normalized spacial score (nSPS) is 21.7.